The topological polar surface area (TPSA) is 46.3 Å². The van der Waals surface area contributed by atoms with Crippen LogP contribution in [0.4, 0.5) is 11.4 Å². The summed E-state index contributed by atoms with van der Waals surface area (Å²) in [6.45, 7) is 4.82. The lowest BCUT2D eigenvalue weighted by molar-refractivity contribution is -0.117. The van der Waals surface area contributed by atoms with Crippen molar-refractivity contribution in [2.75, 3.05) is 17.2 Å². The predicted octanol–water partition coefficient (Wildman–Crippen LogP) is 2.01. The van der Waals surface area contributed by atoms with E-state index in [0.717, 1.165) is 35.5 Å². The van der Waals surface area contributed by atoms with Gasteiger partial charge in [0.25, 0.3) is 0 Å². The largest absolute Gasteiger partial charge is 0.398 e. The number of rotatable bonds is 1. The van der Waals surface area contributed by atoms with Crippen LogP contribution in [0.5, 0.6) is 0 Å². The van der Waals surface area contributed by atoms with Crippen molar-refractivity contribution >= 4 is 17.3 Å². The van der Waals surface area contributed by atoms with Crippen LogP contribution < -0.4 is 10.6 Å². The first kappa shape index (κ1) is 10.0. The molecule has 1 aliphatic rings. The molecule has 1 aromatic rings. The molecule has 2 rings (SSSR count). The van der Waals surface area contributed by atoms with Gasteiger partial charge in [0.05, 0.1) is 5.69 Å². The molecule has 1 saturated heterocycles. The zero-order chi connectivity index (χ0) is 11.0. The highest BCUT2D eigenvalue weighted by atomic mass is 16.2. The monoisotopic (exact) mass is 204 g/mol. The summed E-state index contributed by atoms with van der Waals surface area (Å²) in [6.07, 6.45) is 1.61. The molecule has 1 amide bonds. The van der Waals surface area contributed by atoms with Gasteiger partial charge < -0.3 is 10.6 Å². The number of aryl methyl sites for hydroxylation is 1. The van der Waals surface area contributed by atoms with Crippen molar-refractivity contribution in [2.45, 2.75) is 26.7 Å². The zero-order valence-electron chi connectivity index (χ0n) is 9.21. The van der Waals surface area contributed by atoms with Crippen molar-refractivity contribution < 1.29 is 4.79 Å². The smallest absolute Gasteiger partial charge is 0.227 e. The Morgan fingerprint density at radius 3 is 2.67 bits per heavy atom. The van der Waals surface area contributed by atoms with Crippen LogP contribution >= 0.6 is 0 Å². The van der Waals surface area contributed by atoms with Crippen LogP contribution in [0.3, 0.4) is 0 Å². The highest BCUT2D eigenvalue weighted by Gasteiger charge is 2.24. The lowest BCUT2D eigenvalue weighted by Gasteiger charge is -2.21. The molecule has 0 spiro atoms. The van der Waals surface area contributed by atoms with E-state index in [-0.39, 0.29) is 5.91 Å². The van der Waals surface area contributed by atoms with Crippen LogP contribution in [0.25, 0.3) is 0 Å². The molecular weight excluding hydrogens is 188 g/mol. The van der Waals surface area contributed by atoms with Gasteiger partial charge in [-0.05, 0) is 37.5 Å². The van der Waals surface area contributed by atoms with Crippen molar-refractivity contribution in [3.63, 3.8) is 0 Å². The summed E-state index contributed by atoms with van der Waals surface area (Å²) in [4.78, 5) is 13.5. The van der Waals surface area contributed by atoms with Gasteiger partial charge in [-0.25, -0.2) is 0 Å². The lowest BCUT2D eigenvalue weighted by Crippen LogP contribution is -2.25. The van der Waals surface area contributed by atoms with Gasteiger partial charge in [-0.1, -0.05) is 6.07 Å². The average Bonchev–Trinajstić information content (AvgIpc) is 2.60. The Hall–Kier alpha value is -1.51. The fourth-order valence-corrected chi connectivity index (χ4v) is 2.15. The van der Waals surface area contributed by atoms with Gasteiger partial charge >= 0.3 is 0 Å². The summed E-state index contributed by atoms with van der Waals surface area (Å²) in [5.74, 6) is 0.215. The van der Waals surface area contributed by atoms with Gasteiger partial charge in [-0.15, -0.1) is 0 Å². The fraction of sp³-hybridized carbons (Fsp3) is 0.417. The highest BCUT2D eigenvalue weighted by Crippen LogP contribution is 2.31. The van der Waals surface area contributed by atoms with E-state index in [9.17, 15) is 4.79 Å². The summed E-state index contributed by atoms with van der Waals surface area (Å²) in [6, 6.07) is 3.87. The molecule has 0 bridgehead atoms. The zero-order valence-corrected chi connectivity index (χ0v) is 9.21. The maximum Gasteiger partial charge on any atom is 0.227 e. The van der Waals surface area contributed by atoms with Crippen LogP contribution in [0.2, 0.25) is 0 Å². The summed E-state index contributed by atoms with van der Waals surface area (Å²) in [5, 5.41) is 0. The third-order valence-corrected chi connectivity index (χ3v) is 3.02. The number of carbonyl (C=O) groups is 1. The number of amides is 1. The minimum absolute atomic E-state index is 0.215. The third-order valence-electron chi connectivity index (χ3n) is 3.02. The number of nitrogen functional groups attached to an aromatic ring is 1. The maximum atomic E-state index is 11.7. The van der Waals surface area contributed by atoms with E-state index in [1.54, 1.807) is 0 Å². The van der Waals surface area contributed by atoms with Crippen molar-refractivity contribution in [1.82, 2.24) is 0 Å². The van der Waals surface area contributed by atoms with E-state index < -0.39 is 0 Å². The third kappa shape index (κ3) is 1.58. The Labute approximate surface area is 89.9 Å². The molecule has 0 radical (unpaired) electrons. The quantitative estimate of drug-likeness (QED) is 0.711. The second kappa shape index (κ2) is 3.57. The fourth-order valence-electron chi connectivity index (χ4n) is 2.15. The summed E-state index contributed by atoms with van der Waals surface area (Å²) in [5.41, 5.74) is 9.78. The SMILES string of the molecule is Cc1ccc(N)c(C)c1N1CCCC1=O. The van der Waals surface area contributed by atoms with E-state index in [2.05, 4.69) is 0 Å². The first-order valence-corrected chi connectivity index (χ1v) is 5.27. The number of benzene rings is 1. The molecule has 1 aromatic carbocycles. The first-order valence-electron chi connectivity index (χ1n) is 5.27. The van der Waals surface area contributed by atoms with Gasteiger partial charge in [0.1, 0.15) is 0 Å². The Morgan fingerprint density at radius 1 is 1.33 bits per heavy atom. The van der Waals surface area contributed by atoms with Gasteiger partial charge in [0.2, 0.25) is 5.91 Å². The first-order chi connectivity index (χ1) is 7.11. The molecule has 0 aliphatic carbocycles. The highest BCUT2D eigenvalue weighted by molar-refractivity contribution is 5.97. The molecule has 3 heteroatoms. The number of nitrogens with two attached hydrogens (primary N) is 1. The van der Waals surface area contributed by atoms with Gasteiger partial charge in [-0.2, -0.15) is 0 Å². The van der Waals surface area contributed by atoms with E-state index in [0.29, 0.717) is 6.42 Å². The van der Waals surface area contributed by atoms with Crippen molar-refractivity contribution in [1.29, 1.82) is 0 Å². The number of anilines is 2. The minimum Gasteiger partial charge on any atom is -0.398 e. The van der Waals surface area contributed by atoms with Crippen molar-refractivity contribution in [2.24, 2.45) is 0 Å². The maximum absolute atomic E-state index is 11.7. The molecule has 2 N–H and O–H groups in total. The Morgan fingerprint density at radius 2 is 2.07 bits per heavy atom. The summed E-state index contributed by atoms with van der Waals surface area (Å²) >= 11 is 0. The molecule has 80 valence electrons. The number of carbonyl (C=O) groups excluding carboxylic acids is 1. The van der Waals surface area contributed by atoms with Crippen LogP contribution in [-0.2, 0) is 4.79 Å². The molecular formula is C12H16N2O. The molecule has 1 aliphatic heterocycles. The summed E-state index contributed by atoms with van der Waals surface area (Å²) < 4.78 is 0. The second-order valence-electron chi connectivity index (χ2n) is 4.09. The lowest BCUT2D eigenvalue weighted by atomic mass is 10.1. The molecule has 0 saturated carbocycles. The summed E-state index contributed by atoms with van der Waals surface area (Å²) in [7, 11) is 0. The molecule has 0 unspecified atom stereocenters. The normalized spacial score (nSPS) is 16.1. The van der Waals surface area contributed by atoms with E-state index in [1.165, 1.54) is 0 Å². The van der Waals surface area contributed by atoms with Crippen LogP contribution in [-0.4, -0.2) is 12.5 Å². The number of nitrogens with zero attached hydrogens (tertiary/aromatic N) is 1. The van der Waals surface area contributed by atoms with E-state index >= 15 is 0 Å². The number of hydrogen-bond donors (Lipinski definition) is 1. The van der Waals surface area contributed by atoms with E-state index in [4.69, 9.17) is 5.73 Å². The molecule has 15 heavy (non-hydrogen) atoms. The Kier molecular flexibility index (Phi) is 2.39. The van der Waals surface area contributed by atoms with Gasteiger partial charge in [-0.3, -0.25) is 4.79 Å². The van der Waals surface area contributed by atoms with Crippen LogP contribution in [0.1, 0.15) is 24.0 Å². The predicted molar refractivity (Wildman–Crippen MR) is 61.9 cm³/mol. The molecule has 0 atom stereocenters. The van der Waals surface area contributed by atoms with E-state index in [1.807, 2.05) is 30.9 Å². The van der Waals surface area contributed by atoms with Gasteiger partial charge in [0.15, 0.2) is 0 Å². The van der Waals surface area contributed by atoms with Crippen molar-refractivity contribution in [3.8, 4) is 0 Å². The Bertz CT molecular complexity index is 412. The van der Waals surface area contributed by atoms with Gasteiger partial charge in [0, 0.05) is 18.7 Å². The van der Waals surface area contributed by atoms with Crippen molar-refractivity contribution in [3.05, 3.63) is 23.3 Å². The molecule has 3 nitrogen and oxygen atoms in total. The Balaban J connectivity index is 2.51. The van der Waals surface area contributed by atoms with Crippen LogP contribution in [0, 0.1) is 13.8 Å². The second-order valence-corrected chi connectivity index (χ2v) is 4.09. The molecule has 0 aromatic heterocycles. The van der Waals surface area contributed by atoms with Crippen LogP contribution in [0.15, 0.2) is 12.1 Å². The standard InChI is InChI=1S/C12H16N2O/c1-8-5-6-10(13)9(2)12(8)14-7-3-4-11(14)15/h5-6H,3-4,7,13H2,1-2H3. The number of hydrogen-bond acceptors (Lipinski definition) is 2. The molecule has 1 fully saturated rings. The minimum atomic E-state index is 0.215. The molecule has 1 heterocycles. The average molecular weight is 204 g/mol.